The first-order chi connectivity index (χ1) is 34.6. The first-order valence-electron chi connectivity index (χ1n) is 23.6. The number of ether oxygens (including phenoxy) is 4. The fourth-order valence-electron chi connectivity index (χ4n) is 8.37. The van der Waals surface area contributed by atoms with Gasteiger partial charge in [0.05, 0.1) is 24.9 Å². The van der Waals surface area contributed by atoms with E-state index in [4.69, 9.17) is 24.7 Å². The highest BCUT2D eigenvalue weighted by atomic mass is 16.7. The number of hydrogen-bond donors (Lipinski definition) is 8. The topological polar surface area (TPSA) is 323 Å². The third-order valence-electron chi connectivity index (χ3n) is 12.3. The van der Waals surface area contributed by atoms with Crippen LogP contribution in [0.3, 0.4) is 0 Å². The molecule has 3 aliphatic heterocycles. The van der Waals surface area contributed by atoms with Gasteiger partial charge in [0, 0.05) is 89.1 Å². The molecule has 2 fully saturated rings. The van der Waals surface area contributed by atoms with E-state index < -0.39 is 66.4 Å². The summed E-state index contributed by atoms with van der Waals surface area (Å²) in [5.74, 6) is -2.37. The number of nitrogens with one attached hydrogen (secondary N) is 3. The number of nitrogens with two attached hydrogens (primary N) is 1. The SMILES string of the molecule is CCCCCNc1nc(N)nc2ccn(Cc3ccc(CN4CCN(C(=O)OCc5ccc(OC6O[C@@H](C(=O)O)[C@@H](O)[C@@H](O)[C@@H]6O)c(NC(=O)CCNC(=O)CCN6C(=O)C=CC6=O)c5)CC4)cc3OC)c12. The number of methoxy groups -OCH3 is 1. The number of aliphatic hydroxyl groups is 3. The second-order valence-corrected chi connectivity index (χ2v) is 17.4. The lowest BCUT2D eigenvalue weighted by Crippen LogP contribution is -2.61. The Morgan fingerprint density at radius 2 is 1.60 bits per heavy atom. The summed E-state index contributed by atoms with van der Waals surface area (Å²) in [6.45, 7) is 5.42. The molecule has 2 saturated heterocycles. The van der Waals surface area contributed by atoms with Crippen LogP contribution in [0.15, 0.2) is 60.8 Å². The first-order valence-corrected chi connectivity index (χ1v) is 23.6. The van der Waals surface area contributed by atoms with Crippen LogP contribution < -0.4 is 31.2 Å². The molecule has 24 nitrogen and oxygen atoms in total. The Labute approximate surface area is 413 Å². The molecule has 7 rings (SSSR count). The number of hydrogen-bond acceptors (Lipinski definition) is 18. The Balaban J connectivity index is 0.931. The van der Waals surface area contributed by atoms with E-state index in [0.717, 1.165) is 70.8 Å². The molecule has 0 saturated carbocycles. The predicted octanol–water partition coefficient (Wildman–Crippen LogP) is 1.16. The van der Waals surface area contributed by atoms with Gasteiger partial charge in [-0.25, -0.2) is 14.6 Å². The number of aliphatic hydroxyl groups excluding tert-OH is 3. The number of carboxylic acids is 1. The molecule has 5 heterocycles. The Morgan fingerprint density at radius 3 is 2.32 bits per heavy atom. The van der Waals surface area contributed by atoms with E-state index in [9.17, 15) is 49.2 Å². The average Bonchev–Trinajstić information content (AvgIpc) is 3.92. The van der Waals surface area contributed by atoms with E-state index in [0.29, 0.717) is 50.6 Å². The largest absolute Gasteiger partial charge is 0.496 e. The van der Waals surface area contributed by atoms with Gasteiger partial charge in [-0.2, -0.15) is 4.98 Å². The van der Waals surface area contributed by atoms with Crippen molar-refractivity contribution in [3.8, 4) is 11.5 Å². The molecule has 9 N–H and O–H groups in total. The summed E-state index contributed by atoms with van der Waals surface area (Å²) >= 11 is 0. The molecule has 386 valence electrons. The Hall–Kier alpha value is -7.38. The van der Waals surface area contributed by atoms with Gasteiger partial charge in [-0.15, -0.1) is 0 Å². The number of carbonyl (C=O) groups is 6. The quantitative estimate of drug-likeness (QED) is 0.0404. The van der Waals surface area contributed by atoms with E-state index in [1.807, 2.05) is 24.4 Å². The molecule has 4 aromatic rings. The summed E-state index contributed by atoms with van der Waals surface area (Å²) in [6, 6.07) is 12.3. The highest BCUT2D eigenvalue weighted by Crippen LogP contribution is 2.32. The van der Waals surface area contributed by atoms with Crippen molar-refractivity contribution in [2.24, 2.45) is 0 Å². The fraction of sp³-hybridized carbons (Fsp3) is 0.458. The smallest absolute Gasteiger partial charge is 0.410 e. The Bertz CT molecular complexity index is 2640. The minimum atomic E-state index is -1.97. The zero-order valence-electron chi connectivity index (χ0n) is 39.9. The molecule has 24 heteroatoms. The number of carboxylic acid groups (broad SMARTS) is 1. The van der Waals surface area contributed by atoms with E-state index in [1.165, 1.54) is 18.2 Å². The second kappa shape index (κ2) is 24.2. The maximum Gasteiger partial charge on any atom is 0.410 e. The van der Waals surface area contributed by atoms with Gasteiger partial charge in [-0.05, 0) is 41.8 Å². The standard InChI is InChI=1S/C48H60N10O14/c1-3-4-5-15-51-44-39-31(53-47(49)54-44)13-17-57(39)26-30-8-6-28(24-34(30)69-2)25-55-19-21-56(22-20-55)48(68)70-27-29-7-9-33(71-46-42(65)40(63)41(64)43(72-46)45(66)67)32(23-29)52-36(60)12-16-50-35(59)14-18-58-37(61)10-11-38(58)62/h6-11,13,17,23-24,40-43,46,63-65H,3-5,12,14-16,18-22,25-27H2,1-2H3,(H,50,59)(H,52,60)(H,66,67)(H3,49,51,53,54)/t40-,41+,42+,43-,46?/m1/s1. The zero-order chi connectivity index (χ0) is 51.5. The van der Waals surface area contributed by atoms with Crippen molar-refractivity contribution >= 4 is 64.2 Å². The van der Waals surface area contributed by atoms with Gasteiger partial charge >= 0.3 is 12.1 Å². The highest BCUT2D eigenvalue weighted by molar-refractivity contribution is 6.13. The number of imide groups is 1. The Kier molecular flexibility index (Phi) is 17.6. The van der Waals surface area contributed by atoms with Crippen molar-refractivity contribution in [2.75, 3.05) is 69.3 Å². The fourth-order valence-corrected chi connectivity index (χ4v) is 8.37. The number of nitrogen functional groups attached to an aromatic ring is 1. The average molecular weight is 1000 g/mol. The number of carbonyl (C=O) groups excluding carboxylic acids is 5. The first kappa shape index (κ1) is 52.4. The third kappa shape index (κ3) is 13.1. The third-order valence-corrected chi connectivity index (χ3v) is 12.3. The summed E-state index contributed by atoms with van der Waals surface area (Å²) in [7, 11) is 1.64. The molecule has 5 amide bonds. The van der Waals surface area contributed by atoms with Crippen LogP contribution in [0.2, 0.25) is 0 Å². The van der Waals surface area contributed by atoms with Crippen LogP contribution in [-0.2, 0) is 53.1 Å². The highest BCUT2D eigenvalue weighted by Gasteiger charge is 2.48. The van der Waals surface area contributed by atoms with Crippen molar-refractivity contribution in [3.63, 3.8) is 0 Å². The lowest BCUT2D eigenvalue weighted by atomic mass is 9.99. The number of benzene rings is 2. The van der Waals surface area contributed by atoms with Crippen LogP contribution in [-0.4, -0.2) is 169 Å². The summed E-state index contributed by atoms with van der Waals surface area (Å²) < 4.78 is 24.6. The summed E-state index contributed by atoms with van der Waals surface area (Å²) in [6.07, 6.45) is -3.24. The van der Waals surface area contributed by atoms with Gasteiger partial charge in [0.2, 0.25) is 24.1 Å². The summed E-state index contributed by atoms with van der Waals surface area (Å²) in [5.41, 5.74) is 9.99. The minimum Gasteiger partial charge on any atom is -0.496 e. The molecule has 0 spiro atoms. The van der Waals surface area contributed by atoms with Gasteiger partial charge in [-0.3, -0.25) is 29.0 Å². The summed E-state index contributed by atoms with van der Waals surface area (Å²) in [5, 5.41) is 49.2. The zero-order valence-corrected chi connectivity index (χ0v) is 39.9. The number of aromatic nitrogens is 3. The molecule has 2 aromatic carbocycles. The van der Waals surface area contributed by atoms with Crippen molar-refractivity contribution in [3.05, 3.63) is 77.5 Å². The lowest BCUT2D eigenvalue weighted by Gasteiger charge is -2.38. The van der Waals surface area contributed by atoms with Crippen LogP contribution in [0.5, 0.6) is 11.5 Å². The van der Waals surface area contributed by atoms with Gasteiger partial charge in [0.15, 0.2) is 11.9 Å². The normalized spacial score (nSPS) is 20.2. The number of rotatable bonds is 22. The molecule has 72 heavy (non-hydrogen) atoms. The maximum absolute atomic E-state index is 13.3. The van der Waals surface area contributed by atoms with Crippen molar-refractivity contribution in [1.82, 2.24) is 34.6 Å². The van der Waals surface area contributed by atoms with Crippen LogP contribution in [0, 0.1) is 0 Å². The van der Waals surface area contributed by atoms with E-state index in [1.54, 1.807) is 12.0 Å². The minimum absolute atomic E-state index is 0.0296. The molecule has 1 unspecified atom stereocenters. The summed E-state index contributed by atoms with van der Waals surface area (Å²) in [4.78, 5) is 87.8. The van der Waals surface area contributed by atoms with E-state index >= 15 is 0 Å². The van der Waals surface area contributed by atoms with Crippen molar-refractivity contribution in [2.45, 2.75) is 89.4 Å². The van der Waals surface area contributed by atoms with Crippen LogP contribution in [0.4, 0.5) is 22.2 Å². The number of aliphatic carboxylic acids is 1. The molecular weight excluding hydrogens is 941 g/mol. The predicted molar refractivity (Wildman–Crippen MR) is 257 cm³/mol. The molecule has 0 bridgehead atoms. The van der Waals surface area contributed by atoms with E-state index in [2.05, 4.69) is 48.4 Å². The molecule has 3 aliphatic rings. The van der Waals surface area contributed by atoms with Crippen molar-refractivity contribution in [1.29, 1.82) is 0 Å². The monoisotopic (exact) mass is 1000 g/mol. The Morgan fingerprint density at radius 1 is 0.847 bits per heavy atom. The van der Waals surface area contributed by atoms with Crippen LogP contribution in [0.25, 0.3) is 11.0 Å². The van der Waals surface area contributed by atoms with Gasteiger partial charge < -0.3 is 70.5 Å². The molecule has 2 aromatic heterocycles. The second-order valence-electron chi connectivity index (χ2n) is 17.4. The number of unbranched alkanes of at least 4 members (excludes halogenated alkanes) is 2. The molecule has 0 aliphatic carbocycles. The molecule has 5 atom stereocenters. The number of anilines is 3. The van der Waals surface area contributed by atoms with Crippen LogP contribution >= 0.6 is 0 Å². The van der Waals surface area contributed by atoms with Gasteiger partial charge in [-0.1, -0.05) is 38.0 Å². The molecular formula is C48H60N10O14. The number of amides is 5. The van der Waals surface area contributed by atoms with Crippen molar-refractivity contribution < 1.29 is 68.1 Å². The number of nitrogens with zero attached hydrogens (tertiary/aromatic N) is 6. The van der Waals surface area contributed by atoms with E-state index in [-0.39, 0.29) is 49.9 Å². The lowest BCUT2D eigenvalue weighted by molar-refractivity contribution is -0.271. The van der Waals surface area contributed by atoms with Crippen LogP contribution in [0.1, 0.15) is 55.7 Å². The number of fused-ring (bicyclic) bond motifs is 1. The molecule has 0 radical (unpaired) electrons. The number of piperazine rings is 1. The maximum atomic E-state index is 13.3. The van der Waals surface area contributed by atoms with Gasteiger partial charge in [0.25, 0.3) is 11.8 Å². The van der Waals surface area contributed by atoms with Gasteiger partial charge in [0.1, 0.15) is 41.9 Å².